The van der Waals surface area contributed by atoms with Crippen LogP contribution in [-0.2, 0) is 10.0 Å². The van der Waals surface area contributed by atoms with E-state index in [0.717, 1.165) is 4.31 Å². The number of pyridine rings is 1. The van der Waals surface area contributed by atoms with E-state index in [1.165, 1.54) is 32.6 Å². The van der Waals surface area contributed by atoms with E-state index in [1.54, 1.807) is 0 Å². The van der Waals surface area contributed by atoms with E-state index in [0.29, 0.717) is 4.47 Å². The normalized spacial score (nSPS) is 12.0. The lowest BCUT2D eigenvalue weighted by molar-refractivity contribution is 0.520. The number of aromatic nitrogens is 1. The summed E-state index contributed by atoms with van der Waals surface area (Å²) in [5.41, 5.74) is 0. The summed E-state index contributed by atoms with van der Waals surface area (Å²) < 4.78 is 24.9. The molecule has 0 radical (unpaired) electrons. The zero-order chi connectivity index (χ0) is 10.1. The van der Waals surface area contributed by atoms with Crippen molar-refractivity contribution in [1.29, 1.82) is 0 Å². The minimum Gasteiger partial charge on any atom is -0.263 e. The largest absolute Gasteiger partial charge is 0.263 e. The Morgan fingerprint density at radius 2 is 2.08 bits per heavy atom. The van der Waals surface area contributed by atoms with Gasteiger partial charge in [-0.15, -0.1) is 0 Å². The van der Waals surface area contributed by atoms with E-state index in [2.05, 4.69) is 20.9 Å². The summed E-state index contributed by atoms with van der Waals surface area (Å²) in [7, 11) is -0.385. The Labute approximate surface area is 85.8 Å². The fourth-order valence-electron chi connectivity index (χ4n) is 0.768. The van der Waals surface area contributed by atoms with Crippen LogP contribution in [0.3, 0.4) is 0 Å². The fourth-order valence-corrected chi connectivity index (χ4v) is 2.56. The van der Waals surface area contributed by atoms with Crippen molar-refractivity contribution < 1.29 is 8.42 Å². The molecule has 0 bridgehead atoms. The van der Waals surface area contributed by atoms with E-state index in [4.69, 9.17) is 0 Å². The van der Waals surface area contributed by atoms with Crippen molar-refractivity contribution in [2.45, 2.75) is 4.90 Å². The third-order valence-corrected chi connectivity index (χ3v) is 4.26. The Morgan fingerprint density at radius 3 is 2.54 bits per heavy atom. The maximum absolute atomic E-state index is 11.6. The Balaban J connectivity index is 3.32. The maximum atomic E-state index is 11.6. The molecule has 1 rings (SSSR count). The predicted molar refractivity (Wildman–Crippen MR) is 52.8 cm³/mol. The fraction of sp³-hybridized carbons (Fsp3) is 0.286. The lowest BCUT2D eigenvalue weighted by Crippen LogP contribution is -2.22. The van der Waals surface area contributed by atoms with Crippen LogP contribution in [0.2, 0.25) is 0 Å². The summed E-state index contributed by atoms with van der Waals surface area (Å²) in [6.45, 7) is 0. The first-order chi connectivity index (χ1) is 5.96. The van der Waals surface area contributed by atoms with Crippen molar-refractivity contribution in [3.63, 3.8) is 0 Å². The van der Waals surface area contributed by atoms with Crippen LogP contribution in [0.4, 0.5) is 0 Å². The second-order valence-corrected chi connectivity index (χ2v) is 5.57. The molecule has 0 aliphatic rings. The van der Waals surface area contributed by atoms with Gasteiger partial charge < -0.3 is 0 Å². The highest BCUT2D eigenvalue weighted by molar-refractivity contribution is 9.10. The Bertz CT molecular complexity index is 403. The first-order valence-electron chi connectivity index (χ1n) is 3.48. The molecule has 0 aliphatic carbocycles. The third kappa shape index (κ3) is 2.07. The molecule has 0 N–H and O–H groups in total. The van der Waals surface area contributed by atoms with Crippen molar-refractivity contribution in [3.05, 3.63) is 22.9 Å². The van der Waals surface area contributed by atoms with Crippen LogP contribution < -0.4 is 0 Å². The van der Waals surface area contributed by atoms with Gasteiger partial charge in [0.15, 0.2) is 0 Å². The molecule has 0 unspecified atom stereocenters. The van der Waals surface area contributed by atoms with Crippen LogP contribution >= 0.6 is 15.9 Å². The number of hydrogen-bond acceptors (Lipinski definition) is 3. The van der Waals surface area contributed by atoms with Crippen molar-refractivity contribution in [1.82, 2.24) is 9.29 Å². The number of hydrogen-bond donors (Lipinski definition) is 0. The average Bonchev–Trinajstić information content (AvgIpc) is 2.04. The van der Waals surface area contributed by atoms with Crippen LogP contribution in [0.5, 0.6) is 0 Å². The van der Waals surface area contributed by atoms with E-state index in [1.807, 2.05) is 0 Å². The highest BCUT2D eigenvalue weighted by Crippen LogP contribution is 2.21. The van der Waals surface area contributed by atoms with Gasteiger partial charge in [0.2, 0.25) is 10.0 Å². The molecule has 0 amide bonds. The van der Waals surface area contributed by atoms with E-state index >= 15 is 0 Å². The summed E-state index contributed by atoms with van der Waals surface area (Å²) in [5, 5.41) is 0. The summed E-state index contributed by atoms with van der Waals surface area (Å²) in [5.74, 6) is 0. The molecule has 0 spiro atoms. The molecule has 0 fully saturated rings. The average molecular weight is 265 g/mol. The molecule has 13 heavy (non-hydrogen) atoms. The highest BCUT2D eigenvalue weighted by Gasteiger charge is 2.19. The summed E-state index contributed by atoms with van der Waals surface area (Å²) >= 11 is 3.13. The lowest BCUT2D eigenvalue weighted by atomic mass is 10.5. The monoisotopic (exact) mass is 264 g/mol. The molecule has 4 nitrogen and oxygen atoms in total. The van der Waals surface area contributed by atoms with Crippen LogP contribution in [0.15, 0.2) is 27.8 Å². The molecule has 0 saturated carbocycles. The standard InChI is InChI=1S/C7H9BrN2O2S/c1-10(2)13(11,12)7-3-4-9-5-6(7)8/h3-5H,1-2H3. The molecule has 0 saturated heterocycles. The number of nitrogens with zero attached hydrogens (tertiary/aromatic N) is 2. The number of rotatable bonds is 2. The van der Waals surface area contributed by atoms with Crippen LogP contribution in [0.1, 0.15) is 0 Å². The Morgan fingerprint density at radius 1 is 1.46 bits per heavy atom. The zero-order valence-electron chi connectivity index (χ0n) is 7.23. The molecule has 72 valence electrons. The minimum absolute atomic E-state index is 0.229. The summed E-state index contributed by atoms with van der Waals surface area (Å²) in [4.78, 5) is 4.02. The van der Waals surface area contributed by atoms with E-state index < -0.39 is 10.0 Å². The molecule has 0 atom stereocenters. The second kappa shape index (κ2) is 3.73. The zero-order valence-corrected chi connectivity index (χ0v) is 9.63. The van der Waals surface area contributed by atoms with Crippen molar-refractivity contribution in [2.24, 2.45) is 0 Å². The molecule has 0 aromatic carbocycles. The van der Waals surface area contributed by atoms with Crippen LogP contribution in [0.25, 0.3) is 0 Å². The Kier molecular flexibility index (Phi) is 3.05. The second-order valence-electron chi connectivity index (χ2n) is 2.59. The van der Waals surface area contributed by atoms with E-state index in [-0.39, 0.29) is 4.90 Å². The van der Waals surface area contributed by atoms with Gasteiger partial charge in [-0.3, -0.25) is 4.98 Å². The van der Waals surface area contributed by atoms with Gasteiger partial charge >= 0.3 is 0 Å². The molecule has 1 aromatic rings. The smallest absolute Gasteiger partial charge is 0.243 e. The summed E-state index contributed by atoms with van der Waals surface area (Å²) in [6, 6.07) is 1.46. The van der Waals surface area contributed by atoms with Crippen molar-refractivity contribution >= 4 is 26.0 Å². The number of halogens is 1. The molecule has 1 heterocycles. The molecule has 1 aromatic heterocycles. The van der Waals surface area contributed by atoms with Gasteiger partial charge in [-0.25, -0.2) is 12.7 Å². The van der Waals surface area contributed by atoms with Gasteiger partial charge in [0.05, 0.1) is 9.37 Å². The molecular formula is C7H9BrN2O2S. The maximum Gasteiger partial charge on any atom is 0.243 e. The molecular weight excluding hydrogens is 256 g/mol. The molecule has 0 aliphatic heterocycles. The number of sulfonamides is 1. The Hall–Kier alpha value is -0.460. The third-order valence-electron chi connectivity index (χ3n) is 1.49. The van der Waals surface area contributed by atoms with Gasteiger partial charge in [0, 0.05) is 26.5 Å². The SMILES string of the molecule is CN(C)S(=O)(=O)c1ccncc1Br. The first kappa shape index (κ1) is 10.6. The van der Waals surface area contributed by atoms with Crippen molar-refractivity contribution in [2.75, 3.05) is 14.1 Å². The molecule has 6 heteroatoms. The van der Waals surface area contributed by atoms with Gasteiger partial charge in [-0.05, 0) is 22.0 Å². The van der Waals surface area contributed by atoms with E-state index in [9.17, 15) is 8.42 Å². The van der Waals surface area contributed by atoms with Crippen LogP contribution in [0, 0.1) is 0 Å². The predicted octanol–water partition coefficient (Wildman–Crippen LogP) is 1.09. The first-order valence-corrected chi connectivity index (χ1v) is 5.71. The van der Waals surface area contributed by atoms with Crippen LogP contribution in [-0.4, -0.2) is 31.8 Å². The summed E-state index contributed by atoms with van der Waals surface area (Å²) in [6.07, 6.45) is 2.90. The van der Waals surface area contributed by atoms with Crippen molar-refractivity contribution in [3.8, 4) is 0 Å². The topological polar surface area (TPSA) is 50.3 Å². The lowest BCUT2D eigenvalue weighted by Gasteiger charge is -2.11. The quantitative estimate of drug-likeness (QED) is 0.804. The van der Waals surface area contributed by atoms with Gasteiger partial charge in [0.25, 0.3) is 0 Å². The van der Waals surface area contributed by atoms with Gasteiger partial charge in [0.1, 0.15) is 0 Å². The minimum atomic E-state index is -3.36. The highest BCUT2D eigenvalue weighted by atomic mass is 79.9. The van der Waals surface area contributed by atoms with Gasteiger partial charge in [-0.1, -0.05) is 0 Å². The van der Waals surface area contributed by atoms with Gasteiger partial charge in [-0.2, -0.15) is 0 Å².